The van der Waals surface area contributed by atoms with Gasteiger partial charge >= 0.3 is 0 Å². The zero-order chi connectivity index (χ0) is 43.4. The summed E-state index contributed by atoms with van der Waals surface area (Å²) in [5, 5.41) is 13.9. The number of nitrogens with zero attached hydrogens (tertiary/aromatic N) is 3. The van der Waals surface area contributed by atoms with Crippen LogP contribution < -0.4 is 15.1 Å². The third-order valence-electron chi connectivity index (χ3n) is 12.8. The van der Waals surface area contributed by atoms with E-state index in [0.717, 1.165) is 58.0 Å². The minimum Gasteiger partial charge on any atom is -0.508 e. The van der Waals surface area contributed by atoms with Gasteiger partial charge in [-0.25, -0.2) is 0 Å². The van der Waals surface area contributed by atoms with Gasteiger partial charge in [-0.2, -0.15) is 0 Å². The van der Waals surface area contributed by atoms with Gasteiger partial charge < -0.3 is 25.0 Å². The highest BCUT2D eigenvalue weighted by molar-refractivity contribution is 8.12. The molecule has 3 aromatic carbocycles. The van der Waals surface area contributed by atoms with E-state index < -0.39 is 0 Å². The molecule has 3 fully saturated rings. The van der Waals surface area contributed by atoms with E-state index in [0.29, 0.717) is 11.7 Å². The number of benzene rings is 3. The molecular formula is C52H76N4O3S. The Balaban J connectivity index is 0.000000500. The number of aromatic hydroxyl groups is 1. The monoisotopic (exact) mass is 837 g/mol. The minimum atomic E-state index is 0.171. The van der Waals surface area contributed by atoms with Crippen LogP contribution in [0.25, 0.3) is 5.57 Å². The van der Waals surface area contributed by atoms with Crippen LogP contribution in [-0.2, 0) is 29.1 Å². The Morgan fingerprint density at radius 3 is 1.97 bits per heavy atom. The summed E-state index contributed by atoms with van der Waals surface area (Å²) in [4.78, 5) is 25.7. The summed E-state index contributed by atoms with van der Waals surface area (Å²) < 4.78 is 0. The fourth-order valence-electron chi connectivity index (χ4n) is 9.24. The topological polar surface area (TPSA) is 76.1 Å². The van der Waals surface area contributed by atoms with Gasteiger partial charge in [0.15, 0.2) is 5.12 Å². The second kappa shape index (κ2) is 25.8. The molecule has 7 nitrogen and oxygen atoms in total. The summed E-state index contributed by atoms with van der Waals surface area (Å²) in [7, 11) is 0. The molecule has 3 heterocycles. The van der Waals surface area contributed by atoms with Crippen LogP contribution in [0.3, 0.4) is 0 Å². The second-order valence-corrected chi connectivity index (χ2v) is 17.7. The molecule has 2 aliphatic carbocycles. The molecule has 0 spiro atoms. The first-order valence-corrected chi connectivity index (χ1v) is 24.1. The van der Waals surface area contributed by atoms with Crippen molar-refractivity contribution in [2.75, 3.05) is 61.9 Å². The number of thioether (sulfide) groups is 1. The summed E-state index contributed by atoms with van der Waals surface area (Å²) >= 11 is 1.24. The number of allylic oxidation sites excluding steroid dienone is 2. The number of anilines is 2. The second-order valence-electron chi connectivity index (χ2n) is 16.8. The highest BCUT2D eigenvalue weighted by Crippen LogP contribution is 2.43. The van der Waals surface area contributed by atoms with E-state index in [4.69, 9.17) is 4.79 Å². The maximum atomic E-state index is 10.3. The number of piperidine rings is 1. The number of piperazine rings is 1. The van der Waals surface area contributed by atoms with Crippen molar-refractivity contribution in [2.45, 2.75) is 118 Å². The van der Waals surface area contributed by atoms with Gasteiger partial charge in [-0.15, -0.1) is 6.58 Å². The first-order valence-electron chi connectivity index (χ1n) is 22.9. The van der Waals surface area contributed by atoms with Gasteiger partial charge in [-0.1, -0.05) is 87.2 Å². The van der Waals surface area contributed by atoms with E-state index in [-0.39, 0.29) is 5.12 Å². The molecule has 0 aromatic heterocycles. The summed E-state index contributed by atoms with van der Waals surface area (Å²) in [6.07, 6.45) is 15.7. The molecule has 3 aromatic rings. The third kappa shape index (κ3) is 14.1. The number of rotatable bonds is 7. The summed E-state index contributed by atoms with van der Waals surface area (Å²) in [6, 6.07) is 22.8. The number of carbonyl (C=O) groups is 2. The number of hydrogen-bond donors (Lipinski definition) is 2. The SMILES string of the molecule is C=C(C)CC.C=O.CC.CSC(C)=O.Oc1ccc2c(c1)CCCC(C1CCCCC1)=C2c1ccc(N2CCC(CN3CCN(c4ccc5c(c4)CNC5)CC3)CC2)cc1. The molecule has 1 saturated carbocycles. The van der Waals surface area contributed by atoms with Crippen molar-refractivity contribution in [1.29, 1.82) is 0 Å². The van der Waals surface area contributed by atoms with Crippen molar-refractivity contribution in [3.8, 4) is 5.75 Å². The highest BCUT2D eigenvalue weighted by atomic mass is 32.2. The molecule has 60 heavy (non-hydrogen) atoms. The van der Waals surface area contributed by atoms with Crippen molar-refractivity contribution in [3.63, 3.8) is 0 Å². The molecule has 328 valence electrons. The van der Waals surface area contributed by atoms with Crippen LogP contribution in [0.4, 0.5) is 11.4 Å². The smallest absolute Gasteiger partial charge is 0.185 e. The van der Waals surface area contributed by atoms with E-state index in [2.05, 4.69) is 82.1 Å². The van der Waals surface area contributed by atoms with Gasteiger partial charge in [0.2, 0.25) is 0 Å². The maximum Gasteiger partial charge on any atom is 0.185 e. The highest BCUT2D eigenvalue weighted by Gasteiger charge is 2.28. The molecule has 8 rings (SSSR count). The number of fused-ring (bicyclic) bond motifs is 2. The van der Waals surface area contributed by atoms with E-state index >= 15 is 0 Å². The van der Waals surface area contributed by atoms with Crippen LogP contribution in [-0.4, -0.2) is 74.0 Å². The lowest BCUT2D eigenvalue weighted by Crippen LogP contribution is -2.49. The first kappa shape index (κ1) is 48.8. The Kier molecular flexibility index (Phi) is 21.0. The van der Waals surface area contributed by atoms with Crippen molar-refractivity contribution >= 4 is 40.6 Å². The Labute approximate surface area is 368 Å². The van der Waals surface area contributed by atoms with E-state index in [1.54, 1.807) is 18.8 Å². The Morgan fingerprint density at radius 2 is 1.35 bits per heavy atom. The van der Waals surface area contributed by atoms with Gasteiger partial charge in [0.25, 0.3) is 0 Å². The molecule has 0 atom stereocenters. The van der Waals surface area contributed by atoms with Crippen molar-refractivity contribution in [3.05, 3.63) is 106 Å². The van der Waals surface area contributed by atoms with Crippen LogP contribution >= 0.6 is 11.8 Å². The van der Waals surface area contributed by atoms with Crippen LogP contribution in [0.1, 0.15) is 127 Å². The summed E-state index contributed by atoms with van der Waals surface area (Å²) in [6.45, 7) is 25.6. The molecule has 0 unspecified atom stereocenters. The fourth-order valence-corrected chi connectivity index (χ4v) is 9.24. The number of phenolic OH excluding ortho intramolecular Hbond substituents is 1. The molecular weight excluding hydrogens is 761 g/mol. The van der Waals surface area contributed by atoms with Gasteiger partial charge in [0.1, 0.15) is 12.5 Å². The molecule has 5 aliphatic rings. The molecule has 3 aliphatic heterocycles. The Bertz CT molecular complexity index is 1790. The van der Waals surface area contributed by atoms with Crippen LogP contribution in [0.15, 0.2) is 78.4 Å². The summed E-state index contributed by atoms with van der Waals surface area (Å²) in [5.41, 5.74) is 14.2. The average molecular weight is 837 g/mol. The largest absolute Gasteiger partial charge is 0.508 e. The zero-order valence-electron chi connectivity index (χ0n) is 38.0. The quantitative estimate of drug-likeness (QED) is 0.228. The molecule has 2 saturated heterocycles. The van der Waals surface area contributed by atoms with Gasteiger partial charge in [-0.05, 0) is 146 Å². The van der Waals surface area contributed by atoms with Crippen LogP contribution in [0.5, 0.6) is 5.75 Å². The number of carbonyl (C=O) groups excluding carboxylic acids is 2. The van der Waals surface area contributed by atoms with E-state index in [9.17, 15) is 9.90 Å². The van der Waals surface area contributed by atoms with Gasteiger partial charge in [0.05, 0.1) is 0 Å². The first-order chi connectivity index (χ1) is 29.2. The number of hydrogen-bond acceptors (Lipinski definition) is 8. The van der Waals surface area contributed by atoms with E-state index in [1.807, 2.05) is 39.7 Å². The minimum absolute atomic E-state index is 0.171. The van der Waals surface area contributed by atoms with Gasteiger partial charge in [-0.3, -0.25) is 9.69 Å². The van der Waals surface area contributed by atoms with Crippen molar-refractivity contribution < 1.29 is 14.7 Å². The summed E-state index contributed by atoms with van der Waals surface area (Å²) in [5.74, 6) is 1.91. The number of phenols is 1. The lowest BCUT2D eigenvalue weighted by atomic mass is 9.78. The molecule has 0 bridgehead atoms. The predicted octanol–water partition coefficient (Wildman–Crippen LogP) is 11.5. The lowest BCUT2D eigenvalue weighted by molar-refractivity contribution is -0.109. The average Bonchev–Trinajstić information content (AvgIpc) is 3.69. The van der Waals surface area contributed by atoms with Crippen LogP contribution in [0.2, 0.25) is 0 Å². The van der Waals surface area contributed by atoms with Crippen molar-refractivity contribution in [1.82, 2.24) is 10.2 Å². The predicted molar refractivity (Wildman–Crippen MR) is 258 cm³/mol. The standard InChI is InChI=1S/C41H52N4O.C5H10.C3H6OS.C2H6.CH2O/c46-38-15-16-40-33(26-38)7-4-8-39(31-5-2-1-3-6-31)41(40)32-9-12-36(13-10-32)44-19-17-30(18-20-44)29-43-21-23-45(24-22-43)37-14-11-34-27-42-28-35(34)25-37;1-4-5(2)3;1-3(4)5-2;2*1-2/h9-16,25-26,30-31,42,46H,1-8,17-24,27-29H2;2,4H2,1,3H3;1-2H3;1-2H3;1H2. The third-order valence-corrected chi connectivity index (χ3v) is 13.3. The molecule has 8 heteroatoms. The maximum absolute atomic E-state index is 10.3. The fraction of sp³-hybridized carbons (Fsp3) is 0.538. The number of aryl methyl sites for hydroxylation is 1. The molecule has 0 radical (unpaired) electrons. The lowest BCUT2D eigenvalue weighted by Gasteiger charge is -2.40. The van der Waals surface area contributed by atoms with Gasteiger partial charge in [0, 0.05) is 77.2 Å². The zero-order valence-corrected chi connectivity index (χ0v) is 38.8. The Morgan fingerprint density at radius 1 is 0.750 bits per heavy atom. The van der Waals surface area contributed by atoms with Crippen LogP contribution in [0, 0.1) is 11.8 Å². The number of nitrogens with one attached hydrogen (secondary N) is 1. The Hall–Kier alpha value is -3.85. The van der Waals surface area contributed by atoms with E-state index in [1.165, 1.54) is 140 Å². The van der Waals surface area contributed by atoms with Crippen molar-refractivity contribution in [2.24, 2.45) is 11.8 Å². The molecule has 2 N–H and O–H groups in total. The molecule has 0 amide bonds. The normalized spacial score (nSPS) is 18.1.